The van der Waals surface area contributed by atoms with Crippen LogP contribution in [0.25, 0.3) is 16.6 Å². The number of benzene rings is 1. The summed E-state index contributed by atoms with van der Waals surface area (Å²) in [5.74, 6) is -0.121. The van der Waals surface area contributed by atoms with Gasteiger partial charge in [-0.05, 0) is 26.1 Å². The molecule has 1 aliphatic heterocycles. The van der Waals surface area contributed by atoms with E-state index >= 15 is 0 Å². The maximum atomic E-state index is 12.8. The zero-order chi connectivity index (χ0) is 20.7. The minimum Gasteiger partial charge on any atom is -0.339 e. The van der Waals surface area contributed by atoms with Gasteiger partial charge in [-0.25, -0.2) is 0 Å². The standard InChI is InChI=1S/C20H22ClN5O3/c1-13-19-16(26(22-20(19)29)15-6-4-3-5-14(15)21)11-17(27)25(13)12-18(28)24-9-7-23(2)8-10-24/h3-6,11H,7-10,12H2,1-2H3,(H,22,29). The third kappa shape index (κ3) is 3.49. The van der Waals surface area contributed by atoms with Crippen molar-refractivity contribution in [1.29, 1.82) is 0 Å². The summed E-state index contributed by atoms with van der Waals surface area (Å²) in [7, 11) is 2.01. The number of hydrogen-bond donors (Lipinski definition) is 1. The minimum atomic E-state index is -0.336. The van der Waals surface area contributed by atoms with E-state index in [9.17, 15) is 14.4 Å². The van der Waals surface area contributed by atoms with Crippen molar-refractivity contribution >= 4 is 28.4 Å². The molecule has 0 radical (unpaired) electrons. The smallest absolute Gasteiger partial charge is 0.274 e. The van der Waals surface area contributed by atoms with Crippen molar-refractivity contribution in [3.05, 3.63) is 61.8 Å². The molecule has 4 rings (SSSR count). The van der Waals surface area contributed by atoms with Gasteiger partial charge in [-0.3, -0.25) is 24.2 Å². The Kier molecular flexibility index (Phi) is 5.06. The molecule has 3 aromatic rings. The number of halogens is 1. The molecule has 2 aromatic heterocycles. The van der Waals surface area contributed by atoms with Crippen LogP contribution < -0.4 is 11.1 Å². The van der Waals surface area contributed by atoms with Gasteiger partial charge in [0.25, 0.3) is 11.1 Å². The summed E-state index contributed by atoms with van der Waals surface area (Å²) in [5.41, 5.74) is 0.803. The lowest BCUT2D eigenvalue weighted by atomic mass is 10.2. The fourth-order valence-corrected chi connectivity index (χ4v) is 3.96. The minimum absolute atomic E-state index is 0.0823. The Morgan fingerprint density at radius 1 is 1.14 bits per heavy atom. The van der Waals surface area contributed by atoms with Crippen LogP contribution in [0.2, 0.25) is 5.02 Å². The summed E-state index contributed by atoms with van der Waals surface area (Å²) in [5, 5.41) is 3.57. The molecule has 8 nitrogen and oxygen atoms in total. The Bertz CT molecular complexity index is 1200. The molecule has 0 aliphatic carbocycles. The van der Waals surface area contributed by atoms with E-state index < -0.39 is 0 Å². The average Bonchev–Trinajstić information content (AvgIpc) is 3.02. The number of fused-ring (bicyclic) bond motifs is 1. The quantitative estimate of drug-likeness (QED) is 0.697. The molecule has 9 heteroatoms. The number of H-pyrrole nitrogens is 1. The molecule has 0 atom stereocenters. The number of amides is 1. The van der Waals surface area contributed by atoms with Crippen LogP contribution in [0.15, 0.2) is 39.9 Å². The van der Waals surface area contributed by atoms with Gasteiger partial charge in [0.05, 0.1) is 21.6 Å². The van der Waals surface area contributed by atoms with Crippen molar-refractivity contribution in [2.24, 2.45) is 0 Å². The molecule has 0 bridgehead atoms. The van der Waals surface area contributed by atoms with Crippen LogP contribution in [0, 0.1) is 6.92 Å². The number of aromatic nitrogens is 3. The maximum Gasteiger partial charge on any atom is 0.274 e. The third-order valence-electron chi connectivity index (χ3n) is 5.47. The lowest BCUT2D eigenvalue weighted by Crippen LogP contribution is -2.48. The van der Waals surface area contributed by atoms with Crippen molar-refractivity contribution in [3.8, 4) is 5.69 Å². The molecule has 1 N–H and O–H groups in total. The van der Waals surface area contributed by atoms with Crippen LogP contribution in [-0.2, 0) is 11.3 Å². The molecule has 0 spiro atoms. The van der Waals surface area contributed by atoms with E-state index in [-0.39, 0.29) is 23.6 Å². The number of rotatable bonds is 3. The third-order valence-corrected chi connectivity index (χ3v) is 5.79. The highest BCUT2D eigenvalue weighted by Gasteiger charge is 2.22. The summed E-state index contributed by atoms with van der Waals surface area (Å²) in [6.07, 6.45) is 0. The number of carbonyl (C=O) groups excluding carboxylic acids is 1. The molecule has 0 unspecified atom stereocenters. The largest absolute Gasteiger partial charge is 0.339 e. The number of aryl methyl sites for hydroxylation is 1. The summed E-state index contributed by atoms with van der Waals surface area (Å²) in [6, 6.07) is 8.44. The Balaban J connectivity index is 1.75. The predicted molar refractivity (Wildman–Crippen MR) is 112 cm³/mol. The van der Waals surface area contributed by atoms with Gasteiger partial charge >= 0.3 is 0 Å². The van der Waals surface area contributed by atoms with Gasteiger partial charge in [0, 0.05) is 37.9 Å². The molecule has 1 fully saturated rings. The second-order valence-electron chi connectivity index (χ2n) is 7.33. The number of pyridine rings is 1. The van der Waals surface area contributed by atoms with Gasteiger partial charge in [0.1, 0.15) is 6.54 Å². The lowest BCUT2D eigenvalue weighted by molar-refractivity contribution is -0.133. The molecule has 0 saturated carbocycles. The van der Waals surface area contributed by atoms with Crippen molar-refractivity contribution in [2.45, 2.75) is 13.5 Å². The van der Waals surface area contributed by atoms with Crippen molar-refractivity contribution in [1.82, 2.24) is 24.1 Å². The number of piperazine rings is 1. The molecule has 29 heavy (non-hydrogen) atoms. The number of aromatic amines is 1. The van der Waals surface area contributed by atoms with Crippen LogP contribution in [0.3, 0.4) is 0 Å². The summed E-state index contributed by atoms with van der Waals surface area (Å²) < 4.78 is 2.89. The normalized spacial score (nSPS) is 15.2. The molecular formula is C20H22ClN5O3. The van der Waals surface area contributed by atoms with Gasteiger partial charge in [-0.2, -0.15) is 0 Å². The van der Waals surface area contributed by atoms with E-state index in [4.69, 9.17) is 11.6 Å². The molecule has 1 amide bonds. The lowest BCUT2D eigenvalue weighted by Gasteiger charge is -2.32. The maximum absolute atomic E-state index is 12.8. The fraction of sp³-hybridized carbons (Fsp3) is 0.350. The van der Waals surface area contributed by atoms with E-state index in [1.165, 1.54) is 15.3 Å². The molecule has 1 saturated heterocycles. The topological polar surface area (TPSA) is 83.3 Å². The first kappa shape index (κ1) is 19.5. The number of carbonyl (C=O) groups is 1. The first-order valence-electron chi connectivity index (χ1n) is 9.43. The zero-order valence-electron chi connectivity index (χ0n) is 16.3. The molecule has 1 aliphatic rings. The van der Waals surface area contributed by atoms with E-state index in [0.717, 1.165) is 13.1 Å². The van der Waals surface area contributed by atoms with Gasteiger partial charge < -0.3 is 14.4 Å². The van der Waals surface area contributed by atoms with Gasteiger partial charge in [-0.15, -0.1) is 0 Å². The second kappa shape index (κ2) is 7.53. The molecule has 1 aromatic carbocycles. The molecule has 152 valence electrons. The Morgan fingerprint density at radius 2 is 1.83 bits per heavy atom. The molecular weight excluding hydrogens is 394 g/mol. The summed E-state index contributed by atoms with van der Waals surface area (Å²) in [6.45, 7) is 4.48. The highest BCUT2D eigenvalue weighted by molar-refractivity contribution is 6.32. The second-order valence-corrected chi connectivity index (χ2v) is 7.73. The van der Waals surface area contributed by atoms with Gasteiger partial charge in [0.15, 0.2) is 0 Å². The zero-order valence-corrected chi connectivity index (χ0v) is 17.1. The predicted octanol–water partition coefficient (Wildman–Crippen LogP) is 1.22. The van der Waals surface area contributed by atoms with E-state index in [0.29, 0.717) is 40.4 Å². The van der Waals surface area contributed by atoms with Gasteiger partial charge in [0.2, 0.25) is 5.91 Å². The number of para-hydroxylation sites is 1. The van der Waals surface area contributed by atoms with E-state index in [1.54, 1.807) is 36.1 Å². The van der Waals surface area contributed by atoms with Crippen molar-refractivity contribution in [2.75, 3.05) is 33.2 Å². The van der Waals surface area contributed by atoms with Crippen LogP contribution in [0.1, 0.15) is 5.69 Å². The van der Waals surface area contributed by atoms with E-state index in [1.807, 2.05) is 7.05 Å². The summed E-state index contributed by atoms with van der Waals surface area (Å²) >= 11 is 6.26. The Hall–Kier alpha value is -2.84. The van der Waals surface area contributed by atoms with Crippen LogP contribution >= 0.6 is 11.6 Å². The monoisotopic (exact) mass is 415 g/mol. The Labute approximate surface area is 171 Å². The summed E-state index contributed by atoms with van der Waals surface area (Å²) in [4.78, 5) is 42.1. The molecule has 3 heterocycles. The first-order chi connectivity index (χ1) is 13.9. The SMILES string of the molecule is Cc1c2c(=O)[nH]n(-c3ccccc3Cl)c2cc(=O)n1CC(=O)N1CCN(C)CC1. The van der Waals surface area contributed by atoms with E-state index in [2.05, 4.69) is 10.00 Å². The number of nitrogens with one attached hydrogen (secondary N) is 1. The number of likely N-dealkylation sites (N-methyl/N-ethyl adjacent to an activating group) is 1. The van der Waals surface area contributed by atoms with Crippen LogP contribution in [0.5, 0.6) is 0 Å². The fourth-order valence-electron chi connectivity index (χ4n) is 3.74. The van der Waals surface area contributed by atoms with Crippen molar-refractivity contribution in [3.63, 3.8) is 0 Å². The highest BCUT2D eigenvalue weighted by atomic mass is 35.5. The van der Waals surface area contributed by atoms with Gasteiger partial charge in [-0.1, -0.05) is 23.7 Å². The highest BCUT2D eigenvalue weighted by Crippen LogP contribution is 2.23. The Morgan fingerprint density at radius 3 is 2.52 bits per heavy atom. The van der Waals surface area contributed by atoms with Crippen LogP contribution in [0.4, 0.5) is 0 Å². The van der Waals surface area contributed by atoms with Crippen molar-refractivity contribution < 1.29 is 4.79 Å². The number of nitrogens with zero attached hydrogens (tertiary/aromatic N) is 4. The number of hydrogen-bond acceptors (Lipinski definition) is 4. The van der Waals surface area contributed by atoms with Crippen LogP contribution in [-0.4, -0.2) is 63.3 Å². The first-order valence-corrected chi connectivity index (χ1v) is 9.81. The average molecular weight is 416 g/mol.